The van der Waals surface area contributed by atoms with Crippen molar-refractivity contribution in [2.24, 2.45) is 0 Å². The maximum Gasteiger partial charge on any atom is 0.311 e. The van der Waals surface area contributed by atoms with Crippen molar-refractivity contribution in [2.75, 3.05) is 27.8 Å². The van der Waals surface area contributed by atoms with Crippen LogP contribution in [0.25, 0.3) is 12.2 Å². The molecule has 2 aromatic carbocycles. The SMILES string of the molecule is COCOc1ccc(/C=C/C(=O)/C=C/c2ccc(OCOC)c([N+](=O)[O-])c2)cc1[N+](=O)[O-]. The van der Waals surface area contributed by atoms with Crippen LogP contribution in [-0.2, 0) is 14.3 Å². The van der Waals surface area contributed by atoms with Gasteiger partial charge in [-0.2, -0.15) is 0 Å². The summed E-state index contributed by atoms with van der Waals surface area (Å²) in [6.45, 7) is -0.284. The van der Waals surface area contributed by atoms with E-state index >= 15 is 0 Å². The average molecular weight is 444 g/mol. The molecule has 0 radical (unpaired) electrons. The third-order valence-corrected chi connectivity index (χ3v) is 3.90. The summed E-state index contributed by atoms with van der Waals surface area (Å²) in [5.74, 6) is -0.339. The van der Waals surface area contributed by atoms with Crippen molar-refractivity contribution in [1.82, 2.24) is 0 Å². The fourth-order valence-corrected chi connectivity index (χ4v) is 2.46. The summed E-state index contributed by atoms with van der Waals surface area (Å²) in [6, 6.07) is 8.44. The van der Waals surface area contributed by atoms with E-state index < -0.39 is 15.6 Å². The lowest BCUT2D eigenvalue weighted by Crippen LogP contribution is -2.02. The van der Waals surface area contributed by atoms with E-state index in [1.165, 1.54) is 62.8 Å². The highest BCUT2D eigenvalue weighted by Gasteiger charge is 2.16. The molecule has 0 aliphatic rings. The molecule has 0 bridgehead atoms. The molecule has 0 saturated carbocycles. The summed E-state index contributed by atoms with van der Waals surface area (Å²) in [5.41, 5.74) is 0.294. The van der Waals surface area contributed by atoms with E-state index in [1.807, 2.05) is 0 Å². The summed E-state index contributed by atoms with van der Waals surface area (Å²) in [6.07, 6.45) is 5.25. The first-order chi connectivity index (χ1) is 15.3. The van der Waals surface area contributed by atoms with Crippen LogP contribution in [0.15, 0.2) is 48.6 Å². The van der Waals surface area contributed by atoms with Crippen LogP contribution in [0, 0.1) is 20.2 Å². The molecular weight excluding hydrogens is 424 g/mol. The van der Waals surface area contributed by atoms with Crippen LogP contribution in [0.4, 0.5) is 11.4 Å². The Balaban J connectivity index is 2.13. The normalized spacial score (nSPS) is 11.1. The van der Waals surface area contributed by atoms with Crippen LogP contribution in [-0.4, -0.2) is 43.4 Å². The number of carbonyl (C=O) groups is 1. The van der Waals surface area contributed by atoms with E-state index in [0.29, 0.717) is 11.1 Å². The molecule has 2 aromatic rings. The van der Waals surface area contributed by atoms with Gasteiger partial charge < -0.3 is 18.9 Å². The molecular formula is C21H20N2O9. The second kappa shape index (κ2) is 11.9. The van der Waals surface area contributed by atoms with Crippen molar-refractivity contribution >= 4 is 29.3 Å². The summed E-state index contributed by atoms with van der Waals surface area (Å²) in [7, 11) is 2.79. The Morgan fingerprint density at radius 1 is 0.812 bits per heavy atom. The van der Waals surface area contributed by atoms with Crippen molar-refractivity contribution in [1.29, 1.82) is 0 Å². The van der Waals surface area contributed by atoms with Gasteiger partial charge in [0.2, 0.25) is 0 Å². The Labute approximate surface area is 182 Å². The standard InChI is InChI=1S/C21H20N2O9/c1-29-13-31-20-9-5-15(11-18(20)22(25)26)3-7-17(24)8-4-16-6-10-21(32-14-30-2)19(12-16)23(27)28/h3-12H,13-14H2,1-2H3/b7-3+,8-4+. The number of carbonyl (C=O) groups excluding carboxylic acids is 1. The average Bonchev–Trinajstić information content (AvgIpc) is 2.78. The molecule has 0 heterocycles. The second-order valence-electron chi connectivity index (χ2n) is 6.14. The Bertz CT molecular complexity index is 966. The predicted molar refractivity (Wildman–Crippen MR) is 114 cm³/mol. The molecule has 0 aliphatic carbocycles. The number of nitro groups is 2. The van der Waals surface area contributed by atoms with Gasteiger partial charge >= 0.3 is 11.4 Å². The summed E-state index contributed by atoms with van der Waals surface area (Å²) in [5, 5.41) is 22.4. The zero-order valence-electron chi connectivity index (χ0n) is 17.3. The van der Waals surface area contributed by atoms with Crippen molar-refractivity contribution < 1.29 is 33.6 Å². The Kier molecular flexibility index (Phi) is 9.02. The zero-order chi connectivity index (χ0) is 23.5. The highest BCUT2D eigenvalue weighted by molar-refractivity contribution is 6.04. The van der Waals surface area contributed by atoms with Crippen molar-refractivity contribution in [2.45, 2.75) is 0 Å². The number of rotatable bonds is 12. The molecule has 0 spiro atoms. The molecule has 0 atom stereocenters. The largest absolute Gasteiger partial charge is 0.460 e. The molecule has 0 fully saturated rings. The maximum atomic E-state index is 12.1. The predicted octanol–water partition coefficient (Wildman–Crippen LogP) is 3.76. The minimum absolute atomic E-state index is 0.0414. The molecule has 2 rings (SSSR count). The molecule has 0 aromatic heterocycles. The number of benzene rings is 2. The van der Waals surface area contributed by atoms with Crippen molar-refractivity contribution in [3.05, 3.63) is 79.9 Å². The smallest absolute Gasteiger partial charge is 0.311 e. The Hall–Kier alpha value is -4.09. The van der Waals surface area contributed by atoms with Gasteiger partial charge in [0.05, 0.1) is 9.85 Å². The van der Waals surface area contributed by atoms with Gasteiger partial charge in [-0.1, -0.05) is 24.3 Å². The maximum absolute atomic E-state index is 12.1. The van der Waals surface area contributed by atoms with E-state index in [4.69, 9.17) is 18.9 Å². The van der Waals surface area contributed by atoms with Crippen molar-refractivity contribution in [3.8, 4) is 11.5 Å². The molecule has 11 nitrogen and oxygen atoms in total. The van der Waals surface area contributed by atoms with E-state index in [0.717, 1.165) is 0 Å². The molecule has 0 saturated heterocycles. The van der Waals surface area contributed by atoms with Gasteiger partial charge in [0.15, 0.2) is 30.9 Å². The second-order valence-corrected chi connectivity index (χ2v) is 6.14. The lowest BCUT2D eigenvalue weighted by atomic mass is 10.1. The van der Waals surface area contributed by atoms with Crippen LogP contribution in [0.3, 0.4) is 0 Å². The summed E-state index contributed by atoms with van der Waals surface area (Å²) >= 11 is 0. The first-order valence-corrected chi connectivity index (χ1v) is 9.06. The van der Waals surface area contributed by atoms with Crippen LogP contribution in [0.5, 0.6) is 11.5 Å². The molecule has 0 unspecified atom stereocenters. The van der Waals surface area contributed by atoms with E-state index in [2.05, 4.69) is 0 Å². The fourth-order valence-electron chi connectivity index (χ4n) is 2.46. The van der Waals surface area contributed by atoms with Crippen molar-refractivity contribution in [3.63, 3.8) is 0 Å². The zero-order valence-corrected chi connectivity index (χ0v) is 17.3. The van der Waals surface area contributed by atoms with Crippen LogP contribution >= 0.6 is 0 Å². The number of nitro benzene ring substituents is 2. The van der Waals surface area contributed by atoms with Gasteiger partial charge in [-0.25, -0.2) is 0 Å². The number of methoxy groups -OCH3 is 2. The number of allylic oxidation sites excluding steroid dienone is 2. The van der Waals surface area contributed by atoms with Crippen LogP contribution in [0.1, 0.15) is 11.1 Å². The quantitative estimate of drug-likeness (QED) is 0.207. The third-order valence-electron chi connectivity index (χ3n) is 3.90. The lowest BCUT2D eigenvalue weighted by molar-refractivity contribution is -0.386. The molecule has 32 heavy (non-hydrogen) atoms. The Morgan fingerprint density at radius 2 is 1.22 bits per heavy atom. The molecule has 0 N–H and O–H groups in total. The molecule has 0 aliphatic heterocycles. The van der Waals surface area contributed by atoms with E-state index in [-0.39, 0.29) is 36.5 Å². The van der Waals surface area contributed by atoms with Gasteiger partial charge in [0, 0.05) is 26.4 Å². The van der Waals surface area contributed by atoms with Gasteiger partial charge in [-0.3, -0.25) is 25.0 Å². The summed E-state index contributed by atoms with van der Waals surface area (Å²) in [4.78, 5) is 33.3. The Morgan fingerprint density at radius 3 is 1.56 bits per heavy atom. The van der Waals surface area contributed by atoms with Crippen LogP contribution in [0.2, 0.25) is 0 Å². The number of hydrogen-bond donors (Lipinski definition) is 0. The van der Waals surface area contributed by atoms with Gasteiger partial charge in [0.25, 0.3) is 0 Å². The topological polar surface area (TPSA) is 140 Å². The minimum Gasteiger partial charge on any atom is -0.460 e. The fraction of sp³-hybridized carbons (Fsp3) is 0.190. The van der Waals surface area contributed by atoms with E-state index in [9.17, 15) is 25.0 Å². The van der Waals surface area contributed by atoms with Gasteiger partial charge in [-0.15, -0.1) is 0 Å². The number of nitrogens with zero attached hydrogens (tertiary/aromatic N) is 2. The molecule has 0 amide bonds. The number of ether oxygens (including phenoxy) is 4. The highest BCUT2D eigenvalue weighted by atomic mass is 16.7. The van der Waals surface area contributed by atoms with Crippen LogP contribution < -0.4 is 9.47 Å². The number of ketones is 1. The first kappa shape index (κ1) is 24.2. The lowest BCUT2D eigenvalue weighted by Gasteiger charge is -2.06. The monoisotopic (exact) mass is 444 g/mol. The third kappa shape index (κ3) is 7.00. The molecule has 11 heteroatoms. The highest BCUT2D eigenvalue weighted by Crippen LogP contribution is 2.29. The van der Waals surface area contributed by atoms with Gasteiger partial charge in [0.1, 0.15) is 0 Å². The molecule has 168 valence electrons. The minimum atomic E-state index is -0.600. The van der Waals surface area contributed by atoms with E-state index in [1.54, 1.807) is 12.1 Å². The summed E-state index contributed by atoms with van der Waals surface area (Å²) < 4.78 is 19.8. The number of hydrogen-bond acceptors (Lipinski definition) is 9. The first-order valence-electron chi connectivity index (χ1n) is 9.06. The van der Waals surface area contributed by atoms with Gasteiger partial charge in [-0.05, 0) is 35.4 Å².